The van der Waals surface area contributed by atoms with Gasteiger partial charge in [-0.1, -0.05) is 38.1 Å². The first kappa shape index (κ1) is 18.0. The topological polar surface area (TPSA) is 44.8 Å². The average Bonchev–Trinajstić information content (AvgIpc) is 2.67. The summed E-state index contributed by atoms with van der Waals surface area (Å²) in [6, 6.07) is 7.99. The van der Waals surface area contributed by atoms with Crippen molar-refractivity contribution in [2.45, 2.75) is 64.6 Å². The second-order valence-electron chi connectivity index (χ2n) is 7.81. The predicted octanol–water partition coefficient (Wildman–Crippen LogP) is 2.83. The largest absolute Gasteiger partial charge is 0.495 e. The standard InChI is InChI=1S/C18H27BO4/c1-16(2,12-15(20)21-7)13-10-8-9-11-14(13)19-22-17(3,4)18(5,6)23-19/h8-11H,12H2,1-7H3. The van der Waals surface area contributed by atoms with Crippen molar-refractivity contribution in [2.24, 2.45) is 0 Å². The quantitative estimate of drug-likeness (QED) is 0.632. The Morgan fingerprint density at radius 1 is 1.13 bits per heavy atom. The van der Waals surface area contributed by atoms with Gasteiger partial charge in [0.2, 0.25) is 0 Å². The highest BCUT2D eigenvalue weighted by Gasteiger charge is 2.52. The molecule has 0 amide bonds. The van der Waals surface area contributed by atoms with Gasteiger partial charge in [0.15, 0.2) is 0 Å². The van der Waals surface area contributed by atoms with Crippen molar-refractivity contribution in [2.75, 3.05) is 7.11 Å². The second kappa shape index (κ2) is 5.95. The summed E-state index contributed by atoms with van der Waals surface area (Å²) in [5.74, 6) is -0.223. The normalized spacial score (nSPS) is 19.7. The molecular formula is C18H27BO4. The lowest BCUT2D eigenvalue weighted by atomic mass is 9.68. The fourth-order valence-corrected chi connectivity index (χ4v) is 2.82. The van der Waals surface area contributed by atoms with Crippen LogP contribution in [0.5, 0.6) is 0 Å². The Balaban J connectivity index is 2.38. The number of hydrogen-bond acceptors (Lipinski definition) is 4. The van der Waals surface area contributed by atoms with Gasteiger partial charge >= 0.3 is 13.1 Å². The highest BCUT2D eigenvalue weighted by Crippen LogP contribution is 2.37. The summed E-state index contributed by atoms with van der Waals surface area (Å²) in [7, 11) is 0.978. The number of carbonyl (C=O) groups excluding carboxylic acids is 1. The molecule has 0 atom stereocenters. The van der Waals surface area contributed by atoms with Crippen LogP contribution < -0.4 is 5.46 Å². The van der Waals surface area contributed by atoms with Gasteiger partial charge in [0, 0.05) is 0 Å². The van der Waals surface area contributed by atoms with Crippen LogP contribution in [0, 0.1) is 0 Å². The molecule has 4 nitrogen and oxygen atoms in total. The number of benzene rings is 1. The molecule has 1 fully saturated rings. The summed E-state index contributed by atoms with van der Waals surface area (Å²) in [5.41, 5.74) is 0.867. The molecule has 1 aliphatic heterocycles. The highest BCUT2D eigenvalue weighted by molar-refractivity contribution is 6.62. The van der Waals surface area contributed by atoms with E-state index in [9.17, 15) is 4.79 Å². The molecule has 1 aromatic carbocycles. The van der Waals surface area contributed by atoms with E-state index in [4.69, 9.17) is 14.0 Å². The molecule has 1 aliphatic rings. The third kappa shape index (κ3) is 3.46. The minimum absolute atomic E-state index is 0.223. The van der Waals surface area contributed by atoms with Crippen molar-refractivity contribution in [3.63, 3.8) is 0 Å². The lowest BCUT2D eigenvalue weighted by Crippen LogP contribution is -2.41. The Morgan fingerprint density at radius 2 is 1.65 bits per heavy atom. The van der Waals surface area contributed by atoms with Crippen LogP contribution >= 0.6 is 0 Å². The molecular weight excluding hydrogens is 291 g/mol. The van der Waals surface area contributed by atoms with Crippen LogP contribution in [0.25, 0.3) is 0 Å². The molecule has 1 aromatic rings. The Kier molecular flexibility index (Phi) is 4.66. The van der Waals surface area contributed by atoms with Crippen LogP contribution in [0.2, 0.25) is 0 Å². The average molecular weight is 318 g/mol. The van der Waals surface area contributed by atoms with Gasteiger partial charge in [-0.15, -0.1) is 0 Å². The van der Waals surface area contributed by atoms with E-state index >= 15 is 0 Å². The van der Waals surface area contributed by atoms with Crippen molar-refractivity contribution in [3.05, 3.63) is 29.8 Å². The summed E-state index contributed by atoms with van der Waals surface area (Å²) in [6.07, 6.45) is 0.306. The van der Waals surface area contributed by atoms with E-state index in [1.54, 1.807) is 0 Å². The van der Waals surface area contributed by atoms with Gasteiger partial charge in [-0.3, -0.25) is 4.79 Å². The van der Waals surface area contributed by atoms with Crippen molar-refractivity contribution in [1.82, 2.24) is 0 Å². The van der Waals surface area contributed by atoms with Gasteiger partial charge in [0.05, 0.1) is 24.7 Å². The lowest BCUT2D eigenvalue weighted by Gasteiger charge is -2.32. The van der Waals surface area contributed by atoms with Gasteiger partial charge in [-0.25, -0.2) is 0 Å². The molecule has 0 radical (unpaired) electrons. The van der Waals surface area contributed by atoms with Crippen molar-refractivity contribution < 1.29 is 18.8 Å². The molecule has 0 saturated carbocycles. The molecule has 0 aliphatic carbocycles. The Morgan fingerprint density at radius 3 is 2.17 bits per heavy atom. The minimum atomic E-state index is -0.437. The lowest BCUT2D eigenvalue weighted by molar-refractivity contribution is -0.141. The van der Waals surface area contributed by atoms with E-state index < -0.39 is 18.3 Å². The van der Waals surface area contributed by atoms with Crippen LogP contribution in [0.3, 0.4) is 0 Å². The fourth-order valence-electron chi connectivity index (χ4n) is 2.82. The number of ether oxygens (including phenoxy) is 1. The number of esters is 1. The summed E-state index contributed by atoms with van der Waals surface area (Å²) in [5, 5.41) is 0. The summed E-state index contributed by atoms with van der Waals surface area (Å²) >= 11 is 0. The first-order chi connectivity index (χ1) is 10.5. The smallest absolute Gasteiger partial charge is 0.469 e. The van der Waals surface area contributed by atoms with Crippen LogP contribution in [-0.2, 0) is 24.3 Å². The van der Waals surface area contributed by atoms with Crippen LogP contribution in [0.15, 0.2) is 24.3 Å². The van der Waals surface area contributed by atoms with Gasteiger partial charge in [-0.2, -0.15) is 0 Å². The van der Waals surface area contributed by atoms with Gasteiger partial charge in [-0.05, 0) is 44.1 Å². The summed E-state index contributed by atoms with van der Waals surface area (Å²) < 4.78 is 17.2. The molecule has 0 aromatic heterocycles. The van der Waals surface area contributed by atoms with E-state index in [0.29, 0.717) is 6.42 Å². The van der Waals surface area contributed by atoms with Crippen LogP contribution in [-0.4, -0.2) is 31.4 Å². The number of rotatable bonds is 4. The van der Waals surface area contributed by atoms with Gasteiger partial charge in [0.1, 0.15) is 0 Å². The SMILES string of the molecule is COC(=O)CC(C)(C)c1ccccc1B1OC(C)(C)C(C)(C)O1. The van der Waals surface area contributed by atoms with E-state index in [2.05, 4.69) is 0 Å². The molecule has 23 heavy (non-hydrogen) atoms. The molecule has 0 spiro atoms. The second-order valence-corrected chi connectivity index (χ2v) is 7.81. The molecule has 126 valence electrons. The molecule has 0 unspecified atom stereocenters. The molecule has 5 heteroatoms. The molecule has 0 bridgehead atoms. The highest BCUT2D eigenvalue weighted by atomic mass is 16.7. The maximum atomic E-state index is 11.8. The van der Waals surface area contributed by atoms with E-state index in [-0.39, 0.29) is 11.4 Å². The monoisotopic (exact) mass is 318 g/mol. The maximum Gasteiger partial charge on any atom is 0.495 e. The fraction of sp³-hybridized carbons (Fsp3) is 0.611. The first-order valence-electron chi connectivity index (χ1n) is 8.02. The molecule has 0 N–H and O–H groups in total. The van der Waals surface area contributed by atoms with Gasteiger partial charge in [0.25, 0.3) is 0 Å². The predicted molar refractivity (Wildman–Crippen MR) is 91.8 cm³/mol. The third-order valence-corrected chi connectivity index (χ3v) is 5.01. The third-order valence-electron chi connectivity index (χ3n) is 5.01. The molecule has 2 rings (SSSR count). The zero-order chi connectivity index (χ0) is 17.5. The van der Waals surface area contributed by atoms with Crippen LogP contribution in [0.1, 0.15) is 53.5 Å². The number of carbonyl (C=O) groups is 1. The van der Waals surface area contributed by atoms with Crippen LogP contribution in [0.4, 0.5) is 0 Å². The minimum Gasteiger partial charge on any atom is -0.469 e. The van der Waals surface area contributed by atoms with E-state index in [1.807, 2.05) is 65.8 Å². The molecule has 1 saturated heterocycles. The van der Waals surface area contributed by atoms with Gasteiger partial charge < -0.3 is 14.0 Å². The van der Waals surface area contributed by atoms with Crippen molar-refractivity contribution in [1.29, 1.82) is 0 Å². The zero-order valence-electron chi connectivity index (χ0n) is 15.2. The van der Waals surface area contributed by atoms with Crippen molar-refractivity contribution in [3.8, 4) is 0 Å². The maximum absolute atomic E-state index is 11.8. The summed E-state index contributed by atoms with van der Waals surface area (Å²) in [4.78, 5) is 11.8. The Hall–Kier alpha value is -1.33. The van der Waals surface area contributed by atoms with Crippen molar-refractivity contribution >= 4 is 18.6 Å². The van der Waals surface area contributed by atoms with E-state index in [0.717, 1.165) is 11.0 Å². The number of methoxy groups -OCH3 is 1. The molecule has 1 heterocycles. The summed E-state index contributed by atoms with van der Waals surface area (Å²) in [6.45, 7) is 12.2. The zero-order valence-corrected chi connectivity index (χ0v) is 15.2. The Labute approximate surface area is 139 Å². The van der Waals surface area contributed by atoms with E-state index in [1.165, 1.54) is 7.11 Å². The number of hydrogen-bond donors (Lipinski definition) is 0. The Bertz CT molecular complexity index is 576. The first-order valence-corrected chi connectivity index (χ1v) is 8.02.